The van der Waals surface area contributed by atoms with E-state index in [1.165, 1.54) is 16.9 Å². The van der Waals surface area contributed by atoms with E-state index in [1.807, 2.05) is 0 Å². The molecule has 1 heterocycles. The Morgan fingerprint density at radius 1 is 1.26 bits per heavy atom. The molecular formula is C15H16ClNOS. The maximum absolute atomic E-state index is 12.1. The normalized spacial score (nSPS) is 12.2. The second kappa shape index (κ2) is 6.22. The third kappa shape index (κ3) is 3.58. The first-order chi connectivity index (χ1) is 9.10. The van der Waals surface area contributed by atoms with Gasteiger partial charge in [-0.05, 0) is 31.0 Å². The summed E-state index contributed by atoms with van der Waals surface area (Å²) in [6, 6.07) is 11.8. The van der Waals surface area contributed by atoms with Gasteiger partial charge in [-0.3, -0.25) is 4.79 Å². The van der Waals surface area contributed by atoms with Crippen molar-refractivity contribution in [1.82, 2.24) is 5.32 Å². The van der Waals surface area contributed by atoms with E-state index >= 15 is 0 Å². The number of aryl methyl sites for hydroxylation is 1. The molecule has 0 radical (unpaired) electrons. The van der Waals surface area contributed by atoms with Gasteiger partial charge in [0, 0.05) is 0 Å². The third-order valence-corrected chi connectivity index (χ3v) is 4.22. The molecule has 1 unspecified atom stereocenters. The van der Waals surface area contributed by atoms with Crippen LogP contribution in [0.1, 0.15) is 40.2 Å². The molecule has 2 rings (SSSR count). The van der Waals surface area contributed by atoms with Crippen molar-refractivity contribution in [3.63, 3.8) is 0 Å². The molecule has 4 heteroatoms. The number of benzene rings is 1. The summed E-state index contributed by atoms with van der Waals surface area (Å²) in [4.78, 5) is 12.8. The van der Waals surface area contributed by atoms with Crippen LogP contribution in [0.3, 0.4) is 0 Å². The van der Waals surface area contributed by atoms with E-state index in [0.717, 1.165) is 12.0 Å². The number of thiophene rings is 1. The highest BCUT2D eigenvalue weighted by atomic mass is 35.5. The Morgan fingerprint density at radius 3 is 2.47 bits per heavy atom. The van der Waals surface area contributed by atoms with E-state index in [-0.39, 0.29) is 11.9 Å². The van der Waals surface area contributed by atoms with Gasteiger partial charge in [-0.1, -0.05) is 48.4 Å². The van der Waals surface area contributed by atoms with E-state index < -0.39 is 0 Å². The Balaban J connectivity index is 2.11. The lowest BCUT2D eigenvalue weighted by atomic mass is 10.0. The van der Waals surface area contributed by atoms with Crippen LogP contribution in [0.15, 0.2) is 36.4 Å². The minimum absolute atomic E-state index is 0.0361. The summed E-state index contributed by atoms with van der Waals surface area (Å²) in [5, 5.41) is 3.04. The van der Waals surface area contributed by atoms with Gasteiger partial charge >= 0.3 is 0 Å². The zero-order chi connectivity index (χ0) is 13.8. The Morgan fingerprint density at radius 2 is 1.95 bits per heavy atom. The van der Waals surface area contributed by atoms with Crippen LogP contribution in [0.4, 0.5) is 0 Å². The predicted molar refractivity (Wildman–Crippen MR) is 81.0 cm³/mol. The van der Waals surface area contributed by atoms with Crippen molar-refractivity contribution < 1.29 is 4.79 Å². The van der Waals surface area contributed by atoms with Crippen molar-refractivity contribution in [2.24, 2.45) is 0 Å². The molecule has 2 nitrogen and oxygen atoms in total. The lowest BCUT2D eigenvalue weighted by Gasteiger charge is -2.17. The number of nitrogens with one attached hydrogen (secondary N) is 1. The quantitative estimate of drug-likeness (QED) is 0.877. The zero-order valence-electron chi connectivity index (χ0n) is 10.9. The van der Waals surface area contributed by atoms with Crippen molar-refractivity contribution in [2.45, 2.75) is 26.3 Å². The van der Waals surface area contributed by atoms with Gasteiger partial charge in [0.1, 0.15) is 0 Å². The molecule has 100 valence electrons. The first-order valence-electron chi connectivity index (χ1n) is 6.23. The van der Waals surface area contributed by atoms with Gasteiger partial charge < -0.3 is 5.32 Å². The fourth-order valence-electron chi connectivity index (χ4n) is 1.89. The SMILES string of the molecule is CCC(NC(=O)c1ccc(Cl)s1)c1ccc(C)cc1. The lowest BCUT2D eigenvalue weighted by Crippen LogP contribution is -2.27. The first kappa shape index (κ1) is 14.1. The molecule has 19 heavy (non-hydrogen) atoms. The second-order valence-electron chi connectivity index (χ2n) is 4.45. The maximum Gasteiger partial charge on any atom is 0.261 e. The molecule has 1 N–H and O–H groups in total. The van der Waals surface area contributed by atoms with Crippen LogP contribution in [-0.4, -0.2) is 5.91 Å². The number of hydrogen-bond acceptors (Lipinski definition) is 2. The van der Waals surface area contributed by atoms with Crippen LogP contribution < -0.4 is 5.32 Å². The fourth-order valence-corrected chi connectivity index (χ4v) is 2.83. The molecule has 1 atom stereocenters. The van der Waals surface area contributed by atoms with E-state index in [0.29, 0.717) is 9.21 Å². The van der Waals surface area contributed by atoms with E-state index in [4.69, 9.17) is 11.6 Å². The summed E-state index contributed by atoms with van der Waals surface area (Å²) in [6.07, 6.45) is 0.855. The second-order valence-corrected chi connectivity index (χ2v) is 6.16. The zero-order valence-corrected chi connectivity index (χ0v) is 12.5. The van der Waals surface area contributed by atoms with Crippen molar-refractivity contribution in [1.29, 1.82) is 0 Å². The Hall–Kier alpha value is -1.32. The number of halogens is 1. The lowest BCUT2D eigenvalue weighted by molar-refractivity contribution is 0.0939. The average Bonchev–Trinajstić information content (AvgIpc) is 2.84. The van der Waals surface area contributed by atoms with E-state index in [9.17, 15) is 4.79 Å². The van der Waals surface area contributed by atoms with Crippen LogP contribution in [0.25, 0.3) is 0 Å². The van der Waals surface area contributed by atoms with Crippen molar-refractivity contribution in [3.05, 3.63) is 56.7 Å². The van der Waals surface area contributed by atoms with Gasteiger partial charge in [-0.2, -0.15) is 0 Å². The Labute approximate surface area is 122 Å². The molecule has 1 aromatic heterocycles. The fraction of sp³-hybridized carbons (Fsp3) is 0.267. The van der Waals surface area contributed by atoms with Crippen LogP contribution in [-0.2, 0) is 0 Å². The molecule has 1 aromatic carbocycles. The highest BCUT2D eigenvalue weighted by Gasteiger charge is 2.15. The summed E-state index contributed by atoms with van der Waals surface area (Å²) in [6.45, 7) is 4.11. The highest BCUT2D eigenvalue weighted by molar-refractivity contribution is 7.17. The number of carbonyl (C=O) groups is 1. The molecule has 2 aromatic rings. The van der Waals surface area contributed by atoms with Gasteiger partial charge in [0.2, 0.25) is 0 Å². The molecular weight excluding hydrogens is 278 g/mol. The number of amides is 1. The van der Waals surface area contributed by atoms with Crippen LogP contribution >= 0.6 is 22.9 Å². The van der Waals surface area contributed by atoms with Gasteiger partial charge in [0.25, 0.3) is 5.91 Å². The molecule has 0 bridgehead atoms. The smallest absolute Gasteiger partial charge is 0.261 e. The maximum atomic E-state index is 12.1. The summed E-state index contributed by atoms with van der Waals surface area (Å²) in [5.74, 6) is -0.0654. The predicted octanol–water partition coefficient (Wildman–Crippen LogP) is 4.59. The monoisotopic (exact) mass is 293 g/mol. The van der Waals surface area contributed by atoms with Crippen LogP contribution in [0.5, 0.6) is 0 Å². The Kier molecular flexibility index (Phi) is 4.61. The van der Waals surface area contributed by atoms with E-state index in [2.05, 4.69) is 43.4 Å². The number of rotatable bonds is 4. The average molecular weight is 294 g/mol. The largest absolute Gasteiger partial charge is 0.345 e. The number of carbonyl (C=O) groups excluding carboxylic acids is 1. The minimum Gasteiger partial charge on any atom is -0.345 e. The first-order valence-corrected chi connectivity index (χ1v) is 7.42. The summed E-state index contributed by atoms with van der Waals surface area (Å²) in [7, 11) is 0. The van der Waals surface area contributed by atoms with Crippen molar-refractivity contribution >= 4 is 28.8 Å². The van der Waals surface area contributed by atoms with Gasteiger partial charge in [-0.15, -0.1) is 11.3 Å². The Bertz CT molecular complexity index is 562. The molecule has 0 fully saturated rings. The molecule has 0 spiro atoms. The topological polar surface area (TPSA) is 29.1 Å². The summed E-state index contributed by atoms with van der Waals surface area (Å²) >= 11 is 7.15. The highest BCUT2D eigenvalue weighted by Crippen LogP contribution is 2.23. The van der Waals surface area contributed by atoms with Gasteiger partial charge in [0.15, 0.2) is 0 Å². The van der Waals surface area contributed by atoms with Gasteiger partial charge in [-0.25, -0.2) is 0 Å². The van der Waals surface area contributed by atoms with Crippen LogP contribution in [0, 0.1) is 6.92 Å². The standard InChI is InChI=1S/C15H16ClNOS/c1-3-12(11-6-4-10(2)5-7-11)17-15(18)13-8-9-14(16)19-13/h4-9,12H,3H2,1-2H3,(H,17,18). The molecule has 0 aliphatic carbocycles. The summed E-state index contributed by atoms with van der Waals surface area (Å²) < 4.78 is 0.633. The van der Waals surface area contributed by atoms with Crippen LogP contribution in [0.2, 0.25) is 4.34 Å². The minimum atomic E-state index is -0.0654. The molecule has 0 saturated heterocycles. The van der Waals surface area contributed by atoms with E-state index in [1.54, 1.807) is 12.1 Å². The van der Waals surface area contributed by atoms with Crippen molar-refractivity contribution in [2.75, 3.05) is 0 Å². The number of hydrogen-bond donors (Lipinski definition) is 1. The van der Waals surface area contributed by atoms with Crippen molar-refractivity contribution in [3.8, 4) is 0 Å². The molecule has 0 aliphatic rings. The third-order valence-electron chi connectivity index (χ3n) is 2.99. The molecule has 1 amide bonds. The summed E-state index contributed by atoms with van der Waals surface area (Å²) in [5.41, 5.74) is 2.35. The van der Waals surface area contributed by atoms with Gasteiger partial charge in [0.05, 0.1) is 15.3 Å². The molecule has 0 aliphatic heterocycles. The molecule has 0 saturated carbocycles.